The van der Waals surface area contributed by atoms with Gasteiger partial charge in [-0.2, -0.15) is 0 Å². The molecule has 0 amide bonds. The van der Waals surface area contributed by atoms with Crippen molar-refractivity contribution >= 4 is 43.6 Å². The molecule has 0 aliphatic rings. The average Bonchev–Trinajstić information content (AvgIpc) is 3.71. The van der Waals surface area contributed by atoms with Crippen LogP contribution in [0.1, 0.15) is 0 Å². The largest absolute Gasteiger partial charge is 0.309 e. The first-order chi connectivity index (χ1) is 24.8. The fourth-order valence-electron chi connectivity index (χ4n) is 7.58. The van der Waals surface area contributed by atoms with E-state index in [1.54, 1.807) is 12.4 Å². The Bertz CT molecular complexity index is 2820. The lowest BCUT2D eigenvalue weighted by molar-refractivity contribution is 1.18. The fourth-order valence-corrected chi connectivity index (χ4v) is 7.58. The third-order valence-electron chi connectivity index (χ3n) is 9.85. The van der Waals surface area contributed by atoms with Gasteiger partial charge in [0.2, 0.25) is 0 Å². The van der Waals surface area contributed by atoms with Crippen LogP contribution in [-0.4, -0.2) is 19.1 Å². The monoisotopic (exact) mass is 638 g/mol. The summed E-state index contributed by atoms with van der Waals surface area (Å²) in [6.07, 6.45) is 5.25. The Labute approximate surface area is 289 Å². The van der Waals surface area contributed by atoms with Crippen molar-refractivity contribution in [3.8, 4) is 44.9 Å². The quantitative estimate of drug-likeness (QED) is 0.188. The van der Waals surface area contributed by atoms with Crippen molar-refractivity contribution in [2.45, 2.75) is 0 Å². The van der Waals surface area contributed by atoms with E-state index in [2.05, 4.69) is 183 Å². The lowest BCUT2D eigenvalue weighted by Gasteiger charge is -2.13. The second-order valence-electron chi connectivity index (χ2n) is 12.7. The zero-order valence-corrected chi connectivity index (χ0v) is 27.1. The van der Waals surface area contributed by atoms with Gasteiger partial charge in [0.15, 0.2) is 0 Å². The zero-order chi connectivity index (χ0) is 33.0. The molecule has 3 heterocycles. The van der Waals surface area contributed by atoms with Crippen LogP contribution in [0.2, 0.25) is 0 Å². The standard InChI is InChI=1S/C46H30N4/c1-4-19-43-38(16-1)39-17-2-5-20-44(39)49(43)36-14-9-12-33(28-36)34-22-23-41-40-18-3-6-21-45(40)50(46(41)29-34)37-15-8-11-32(27-37)31-10-7-13-35(26-31)42-30-47-24-25-48-42/h1-30H. The van der Waals surface area contributed by atoms with Gasteiger partial charge in [-0.1, -0.05) is 109 Å². The van der Waals surface area contributed by atoms with E-state index >= 15 is 0 Å². The van der Waals surface area contributed by atoms with Crippen molar-refractivity contribution in [2.75, 3.05) is 0 Å². The highest BCUT2D eigenvalue weighted by atomic mass is 15.0. The van der Waals surface area contributed by atoms with Crippen molar-refractivity contribution in [3.05, 3.63) is 182 Å². The van der Waals surface area contributed by atoms with Crippen LogP contribution in [0.15, 0.2) is 182 Å². The number of nitrogens with zero attached hydrogens (tertiary/aromatic N) is 4. The molecule has 10 aromatic rings. The molecule has 3 aromatic heterocycles. The van der Waals surface area contributed by atoms with Crippen LogP contribution < -0.4 is 0 Å². The SMILES string of the molecule is c1cc(-c2cccc(-n3c4ccccc4c4ccc(-c5cccc(-n6c7ccccc7c7ccccc76)c5)cc43)c2)cc(-c2cnccn2)c1. The number of hydrogen-bond acceptors (Lipinski definition) is 2. The molecular weight excluding hydrogens is 609 g/mol. The summed E-state index contributed by atoms with van der Waals surface area (Å²) in [5.74, 6) is 0. The van der Waals surface area contributed by atoms with E-state index in [0.29, 0.717) is 0 Å². The fraction of sp³-hybridized carbons (Fsp3) is 0. The van der Waals surface area contributed by atoms with Gasteiger partial charge in [0, 0.05) is 50.9 Å². The number of fused-ring (bicyclic) bond motifs is 6. The number of hydrogen-bond donors (Lipinski definition) is 0. The van der Waals surface area contributed by atoms with Crippen molar-refractivity contribution < 1.29 is 0 Å². The van der Waals surface area contributed by atoms with Gasteiger partial charge >= 0.3 is 0 Å². The van der Waals surface area contributed by atoms with E-state index in [9.17, 15) is 0 Å². The summed E-state index contributed by atoms with van der Waals surface area (Å²) in [6, 6.07) is 59.2. The Kier molecular flexibility index (Phi) is 6.46. The Morgan fingerprint density at radius 3 is 1.40 bits per heavy atom. The topological polar surface area (TPSA) is 35.6 Å². The maximum Gasteiger partial charge on any atom is 0.0885 e. The van der Waals surface area contributed by atoms with E-state index in [4.69, 9.17) is 0 Å². The van der Waals surface area contributed by atoms with E-state index in [1.165, 1.54) is 54.7 Å². The predicted molar refractivity (Wildman–Crippen MR) is 207 cm³/mol. The molecule has 0 unspecified atom stereocenters. The predicted octanol–water partition coefficient (Wildman–Crippen LogP) is 11.7. The normalized spacial score (nSPS) is 11.6. The van der Waals surface area contributed by atoms with Gasteiger partial charge in [-0.05, 0) is 76.9 Å². The second-order valence-corrected chi connectivity index (χ2v) is 12.7. The molecule has 0 atom stereocenters. The smallest absolute Gasteiger partial charge is 0.0885 e. The highest BCUT2D eigenvalue weighted by molar-refractivity contribution is 6.11. The maximum atomic E-state index is 4.52. The molecule has 50 heavy (non-hydrogen) atoms. The summed E-state index contributed by atoms with van der Waals surface area (Å²) in [5.41, 5.74) is 13.6. The molecule has 7 aromatic carbocycles. The average molecular weight is 639 g/mol. The minimum absolute atomic E-state index is 0.864. The van der Waals surface area contributed by atoms with Gasteiger partial charge in [0.25, 0.3) is 0 Å². The van der Waals surface area contributed by atoms with Crippen molar-refractivity contribution in [3.63, 3.8) is 0 Å². The first-order valence-corrected chi connectivity index (χ1v) is 16.9. The molecule has 4 heteroatoms. The van der Waals surface area contributed by atoms with E-state index in [0.717, 1.165) is 33.8 Å². The van der Waals surface area contributed by atoms with E-state index in [1.807, 2.05) is 6.20 Å². The highest BCUT2D eigenvalue weighted by Gasteiger charge is 2.16. The molecule has 0 spiro atoms. The minimum atomic E-state index is 0.864. The summed E-state index contributed by atoms with van der Waals surface area (Å²) >= 11 is 0. The first kappa shape index (κ1) is 28.3. The third-order valence-corrected chi connectivity index (χ3v) is 9.85. The molecule has 0 radical (unpaired) electrons. The Balaban J connectivity index is 1.12. The number of aromatic nitrogens is 4. The first-order valence-electron chi connectivity index (χ1n) is 16.9. The zero-order valence-electron chi connectivity index (χ0n) is 27.1. The minimum Gasteiger partial charge on any atom is -0.309 e. The molecule has 0 aliphatic heterocycles. The molecule has 0 saturated heterocycles. The summed E-state index contributed by atoms with van der Waals surface area (Å²) in [5, 5.41) is 5.00. The number of para-hydroxylation sites is 3. The van der Waals surface area contributed by atoms with Gasteiger partial charge in [-0.25, -0.2) is 0 Å². The van der Waals surface area contributed by atoms with Crippen LogP contribution >= 0.6 is 0 Å². The molecule has 234 valence electrons. The van der Waals surface area contributed by atoms with Crippen LogP contribution in [0.3, 0.4) is 0 Å². The lowest BCUT2D eigenvalue weighted by atomic mass is 10.0. The molecule has 4 nitrogen and oxygen atoms in total. The van der Waals surface area contributed by atoms with Gasteiger partial charge in [0.1, 0.15) is 0 Å². The molecule has 0 bridgehead atoms. The Morgan fingerprint density at radius 1 is 0.340 bits per heavy atom. The molecule has 0 fully saturated rings. The summed E-state index contributed by atoms with van der Waals surface area (Å²) in [7, 11) is 0. The van der Waals surface area contributed by atoms with Crippen molar-refractivity contribution in [1.29, 1.82) is 0 Å². The van der Waals surface area contributed by atoms with Crippen LogP contribution in [0.5, 0.6) is 0 Å². The van der Waals surface area contributed by atoms with Gasteiger partial charge < -0.3 is 9.13 Å². The van der Waals surface area contributed by atoms with Crippen LogP contribution in [0, 0.1) is 0 Å². The van der Waals surface area contributed by atoms with Gasteiger partial charge in [-0.3, -0.25) is 9.97 Å². The van der Waals surface area contributed by atoms with Crippen LogP contribution in [-0.2, 0) is 0 Å². The molecular formula is C46H30N4. The molecule has 0 aliphatic carbocycles. The summed E-state index contributed by atoms with van der Waals surface area (Å²) < 4.78 is 4.79. The number of benzene rings is 7. The van der Waals surface area contributed by atoms with Crippen molar-refractivity contribution in [1.82, 2.24) is 19.1 Å². The lowest BCUT2D eigenvalue weighted by Crippen LogP contribution is -1.95. The van der Waals surface area contributed by atoms with Crippen LogP contribution in [0.25, 0.3) is 88.5 Å². The second kappa shape index (κ2) is 11.4. The maximum absolute atomic E-state index is 4.52. The molecule has 10 rings (SSSR count). The molecule has 0 N–H and O–H groups in total. The summed E-state index contributed by atoms with van der Waals surface area (Å²) in [4.78, 5) is 8.79. The Hall–Kier alpha value is -6.78. The van der Waals surface area contributed by atoms with Gasteiger partial charge in [0.05, 0.1) is 34.0 Å². The highest BCUT2D eigenvalue weighted by Crippen LogP contribution is 2.37. The van der Waals surface area contributed by atoms with Gasteiger partial charge in [-0.15, -0.1) is 0 Å². The van der Waals surface area contributed by atoms with Crippen molar-refractivity contribution in [2.24, 2.45) is 0 Å². The third kappa shape index (κ3) is 4.54. The molecule has 0 saturated carbocycles. The summed E-state index contributed by atoms with van der Waals surface area (Å²) in [6.45, 7) is 0. The van der Waals surface area contributed by atoms with E-state index in [-0.39, 0.29) is 0 Å². The van der Waals surface area contributed by atoms with E-state index < -0.39 is 0 Å². The number of rotatable bonds is 5. The Morgan fingerprint density at radius 2 is 0.820 bits per heavy atom. The van der Waals surface area contributed by atoms with Crippen LogP contribution in [0.4, 0.5) is 0 Å².